The minimum Gasteiger partial charge on any atom is -0.294 e. The topological polar surface area (TPSA) is 63.2 Å². The van der Waals surface area contributed by atoms with Crippen LogP contribution in [0.25, 0.3) is 0 Å². The van der Waals surface area contributed by atoms with Gasteiger partial charge in [-0.15, -0.1) is 0 Å². The van der Waals surface area contributed by atoms with Crippen molar-refractivity contribution in [2.24, 2.45) is 5.92 Å². The Morgan fingerprint density at radius 1 is 1.04 bits per heavy atom. The molecule has 0 amide bonds. The van der Waals surface area contributed by atoms with Crippen LogP contribution in [0.3, 0.4) is 0 Å². The minimum absolute atomic E-state index is 0.0187. The van der Waals surface area contributed by atoms with Crippen molar-refractivity contribution in [3.63, 3.8) is 0 Å². The maximum Gasteiger partial charge on any atom is 0.416 e. The van der Waals surface area contributed by atoms with E-state index in [-0.39, 0.29) is 22.3 Å². The van der Waals surface area contributed by atoms with Crippen LogP contribution in [-0.4, -0.2) is 14.2 Å². The van der Waals surface area contributed by atoms with Crippen molar-refractivity contribution in [1.29, 1.82) is 0 Å². The van der Waals surface area contributed by atoms with Crippen molar-refractivity contribution < 1.29 is 26.4 Å². The highest BCUT2D eigenvalue weighted by atomic mass is 32.2. The molecule has 0 spiro atoms. The molecule has 0 radical (unpaired) electrons. The molecule has 1 saturated carbocycles. The van der Waals surface area contributed by atoms with Crippen LogP contribution < -0.4 is 4.72 Å². The van der Waals surface area contributed by atoms with Crippen molar-refractivity contribution >= 4 is 21.5 Å². The Kier molecular flexibility index (Phi) is 4.32. The number of Topliss-reactive ketones (excluding diaryl/α,β-unsaturated/α-hetero) is 1. The zero-order valence-corrected chi connectivity index (χ0v) is 13.7. The third-order valence-electron chi connectivity index (χ3n) is 3.84. The summed E-state index contributed by atoms with van der Waals surface area (Å²) in [5, 5.41) is 0. The van der Waals surface area contributed by atoms with E-state index in [2.05, 4.69) is 4.72 Å². The van der Waals surface area contributed by atoms with E-state index in [0.29, 0.717) is 5.56 Å². The largest absolute Gasteiger partial charge is 0.416 e. The first-order valence-corrected chi connectivity index (χ1v) is 8.99. The van der Waals surface area contributed by atoms with Crippen LogP contribution >= 0.6 is 0 Å². The number of hydrogen-bond acceptors (Lipinski definition) is 3. The van der Waals surface area contributed by atoms with Gasteiger partial charge in [-0.2, -0.15) is 13.2 Å². The summed E-state index contributed by atoms with van der Waals surface area (Å²) in [6.07, 6.45) is -2.88. The Morgan fingerprint density at radius 3 is 2.24 bits per heavy atom. The highest BCUT2D eigenvalue weighted by molar-refractivity contribution is 7.92. The maximum atomic E-state index is 12.7. The van der Waals surface area contributed by atoms with E-state index < -0.39 is 21.8 Å². The van der Waals surface area contributed by atoms with Gasteiger partial charge in [-0.1, -0.05) is 18.2 Å². The number of benzene rings is 2. The summed E-state index contributed by atoms with van der Waals surface area (Å²) < 4.78 is 64.9. The van der Waals surface area contributed by atoms with Gasteiger partial charge in [0.25, 0.3) is 10.0 Å². The Balaban J connectivity index is 1.81. The molecule has 1 aliphatic carbocycles. The molecule has 0 heterocycles. The number of sulfonamides is 1. The van der Waals surface area contributed by atoms with Crippen LogP contribution in [0.2, 0.25) is 0 Å². The number of carbonyl (C=O) groups excluding carboxylic acids is 1. The number of rotatable bonds is 5. The molecule has 132 valence electrons. The number of anilines is 1. The van der Waals surface area contributed by atoms with E-state index in [4.69, 9.17) is 0 Å². The van der Waals surface area contributed by atoms with Crippen LogP contribution in [0.1, 0.15) is 28.8 Å². The molecule has 1 N–H and O–H groups in total. The van der Waals surface area contributed by atoms with Crippen molar-refractivity contribution in [3.05, 3.63) is 59.7 Å². The number of ketones is 1. The molecular weight excluding hydrogens is 355 g/mol. The molecular formula is C17H14F3NO3S. The third-order valence-corrected chi connectivity index (χ3v) is 5.24. The van der Waals surface area contributed by atoms with E-state index in [1.165, 1.54) is 30.3 Å². The van der Waals surface area contributed by atoms with Crippen molar-refractivity contribution in [1.82, 2.24) is 0 Å². The molecule has 1 aliphatic rings. The summed E-state index contributed by atoms with van der Waals surface area (Å²) in [5.41, 5.74) is -0.702. The molecule has 1 fully saturated rings. The van der Waals surface area contributed by atoms with Gasteiger partial charge in [0, 0.05) is 17.2 Å². The van der Waals surface area contributed by atoms with Crippen LogP contribution in [-0.2, 0) is 16.2 Å². The molecule has 0 aromatic heterocycles. The first-order chi connectivity index (χ1) is 11.7. The molecule has 0 bridgehead atoms. The molecule has 0 aliphatic heterocycles. The van der Waals surface area contributed by atoms with E-state index in [0.717, 1.165) is 31.0 Å². The Morgan fingerprint density at radius 2 is 1.68 bits per heavy atom. The fourth-order valence-corrected chi connectivity index (χ4v) is 3.40. The van der Waals surface area contributed by atoms with Gasteiger partial charge in [0.15, 0.2) is 5.78 Å². The molecule has 2 aromatic rings. The maximum absolute atomic E-state index is 12.7. The van der Waals surface area contributed by atoms with Gasteiger partial charge in [-0.3, -0.25) is 9.52 Å². The molecule has 8 heteroatoms. The predicted molar refractivity (Wildman–Crippen MR) is 85.7 cm³/mol. The first-order valence-electron chi connectivity index (χ1n) is 7.51. The van der Waals surface area contributed by atoms with Gasteiger partial charge in [0.1, 0.15) is 0 Å². The Hall–Kier alpha value is -2.35. The van der Waals surface area contributed by atoms with E-state index in [1.54, 1.807) is 0 Å². The fraction of sp³-hybridized carbons (Fsp3) is 0.235. The number of halogens is 3. The number of carbonyl (C=O) groups is 1. The van der Waals surface area contributed by atoms with Gasteiger partial charge in [-0.05, 0) is 43.2 Å². The molecule has 0 saturated heterocycles. The second-order valence-electron chi connectivity index (χ2n) is 5.85. The van der Waals surface area contributed by atoms with Crippen LogP contribution in [0.15, 0.2) is 53.4 Å². The SMILES string of the molecule is O=C(c1ccc(S(=O)(=O)Nc2cccc(C(F)(F)F)c2)cc1)C1CC1. The van der Waals surface area contributed by atoms with Crippen LogP contribution in [0.5, 0.6) is 0 Å². The van der Waals surface area contributed by atoms with E-state index in [9.17, 15) is 26.4 Å². The molecule has 0 unspecified atom stereocenters. The average Bonchev–Trinajstić information content (AvgIpc) is 3.38. The second-order valence-corrected chi connectivity index (χ2v) is 7.53. The lowest BCUT2D eigenvalue weighted by molar-refractivity contribution is -0.137. The summed E-state index contributed by atoms with van der Waals surface area (Å²) in [7, 11) is -4.05. The molecule has 3 rings (SSSR count). The predicted octanol–water partition coefficient (Wildman–Crippen LogP) is 4.10. The summed E-state index contributed by atoms with van der Waals surface area (Å²) in [5.74, 6) is 0.000441. The zero-order chi connectivity index (χ0) is 18.2. The number of alkyl halides is 3. The van der Waals surface area contributed by atoms with Gasteiger partial charge in [-0.25, -0.2) is 8.42 Å². The molecule has 4 nitrogen and oxygen atoms in total. The summed E-state index contributed by atoms with van der Waals surface area (Å²) >= 11 is 0. The van der Waals surface area contributed by atoms with Gasteiger partial charge in [0.05, 0.1) is 10.5 Å². The number of hydrogen-bond donors (Lipinski definition) is 1. The molecule has 25 heavy (non-hydrogen) atoms. The Labute approximate surface area is 142 Å². The highest BCUT2D eigenvalue weighted by Crippen LogP contribution is 2.33. The Bertz CT molecular complexity index is 901. The quantitative estimate of drug-likeness (QED) is 0.807. The lowest BCUT2D eigenvalue weighted by Gasteiger charge is -2.11. The van der Waals surface area contributed by atoms with E-state index in [1.807, 2.05) is 0 Å². The first kappa shape index (κ1) is 17.5. The van der Waals surface area contributed by atoms with Crippen molar-refractivity contribution in [3.8, 4) is 0 Å². The van der Waals surface area contributed by atoms with E-state index >= 15 is 0 Å². The van der Waals surface area contributed by atoms with Crippen LogP contribution in [0, 0.1) is 5.92 Å². The fourth-order valence-electron chi connectivity index (χ4n) is 2.35. The van der Waals surface area contributed by atoms with Gasteiger partial charge < -0.3 is 0 Å². The smallest absolute Gasteiger partial charge is 0.294 e. The monoisotopic (exact) mass is 369 g/mol. The van der Waals surface area contributed by atoms with Gasteiger partial charge >= 0.3 is 6.18 Å². The molecule has 2 aromatic carbocycles. The summed E-state index contributed by atoms with van der Waals surface area (Å²) in [6.45, 7) is 0. The highest BCUT2D eigenvalue weighted by Gasteiger charge is 2.31. The lowest BCUT2D eigenvalue weighted by Crippen LogP contribution is -2.14. The minimum atomic E-state index is -4.56. The standard InChI is InChI=1S/C17H14F3NO3S/c18-17(19,20)13-2-1-3-14(10-13)21-25(23,24)15-8-6-12(7-9-15)16(22)11-4-5-11/h1-3,6-11,21H,4-5H2. The average molecular weight is 369 g/mol. The third kappa shape index (κ3) is 4.01. The van der Waals surface area contributed by atoms with Gasteiger partial charge in [0.2, 0.25) is 0 Å². The summed E-state index contributed by atoms with van der Waals surface area (Å²) in [4.78, 5) is 11.8. The second kappa shape index (κ2) is 6.18. The zero-order valence-electron chi connectivity index (χ0n) is 12.9. The number of nitrogens with one attached hydrogen (secondary N) is 1. The van der Waals surface area contributed by atoms with Crippen molar-refractivity contribution in [2.45, 2.75) is 23.9 Å². The lowest BCUT2D eigenvalue weighted by atomic mass is 10.1. The normalized spacial score (nSPS) is 15.0. The van der Waals surface area contributed by atoms with Crippen molar-refractivity contribution in [2.75, 3.05) is 4.72 Å². The molecule has 0 atom stereocenters. The summed E-state index contributed by atoms with van der Waals surface area (Å²) in [6, 6.07) is 9.31. The van der Waals surface area contributed by atoms with Crippen LogP contribution in [0.4, 0.5) is 18.9 Å².